The Labute approximate surface area is 125 Å². The molecule has 1 heterocycles. The lowest BCUT2D eigenvalue weighted by Gasteiger charge is -2.23. The van der Waals surface area contributed by atoms with Gasteiger partial charge in [0.1, 0.15) is 0 Å². The van der Waals surface area contributed by atoms with Crippen LogP contribution in [-0.4, -0.2) is 24.1 Å². The summed E-state index contributed by atoms with van der Waals surface area (Å²) in [5.41, 5.74) is 7.27. The van der Waals surface area contributed by atoms with Gasteiger partial charge in [-0.05, 0) is 43.4 Å². The number of amidine groups is 1. The zero-order chi connectivity index (χ0) is 14.5. The first kappa shape index (κ1) is 15.0. The van der Waals surface area contributed by atoms with Crippen molar-refractivity contribution in [3.63, 3.8) is 0 Å². The van der Waals surface area contributed by atoms with Gasteiger partial charge in [-0.1, -0.05) is 30.1 Å². The summed E-state index contributed by atoms with van der Waals surface area (Å²) in [5, 5.41) is 12.2. The molecule has 0 spiro atoms. The number of rotatable bonds is 3. The summed E-state index contributed by atoms with van der Waals surface area (Å²) < 4.78 is 0. The molecule has 0 radical (unpaired) electrons. The molecular formula is C15H22ClN3O. The third-order valence-corrected chi connectivity index (χ3v) is 4.44. The molecule has 1 aliphatic heterocycles. The molecular weight excluding hydrogens is 274 g/mol. The van der Waals surface area contributed by atoms with E-state index in [0.29, 0.717) is 10.6 Å². The van der Waals surface area contributed by atoms with Crippen LogP contribution < -0.4 is 10.6 Å². The fraction of sp³-hybridized carbons (Fsp3) is 0.533. The molecule has 1 aromatic carbocycles. The lowest BCUT2D eigenvalue weighted by Crippen LogP contribution is -2.24. The Kier molecular flexibility index (Phi) is 5.12. The van der Waals surface area contributed by atoms with Crippen LogP contribution in [0.25, 0.3) is 0 Å². The molecule has 110 valence electrons. The van der Waals surface area contributed by atoms with Crippen LogP contribution in [-0.2, 0) is 0 Å². The van der Waals surface area contributed by atoms with Gasteiger partial charge in [0.05, 0.1) is 5.02 Å². The third-order valence-electron chi connectivity index (χ3n) is 4.13. The van der Waals surface area contributed by atoms with Gasteiger partial charge >= 0.3 is 0 Å². The molecule has 4 nitrogen and oxygen atoms in total. The van der Waals surface area contributed by atoms with Crippen molar-refractivity contribution in [3.05, 3.63) is 28.8 Å². The lowest BCUT2D eigenvalue weighted by atomic mass is 9.98. The maximum atomic E-state index is 8.72. The van der Waals surface area contributed by atoms with Crippen LogP contribution in [0.3, 0.4) is 0 Å². The number of nitrogens with two attached hydrogens (primary N) is 1. The standard InChI is InChI=1S/C15H22ClN3O/c1-2-11-4-3-8-19(9-7-11)12-5-6-13(14(16)10-12)15(17)18-20/h5-6,10-11,20H,2-4,7-9H2,1H3,(H2,17,18). The van der Waals surface area contributed by atoms with Crippen LogP contribution in [0, 0.1) is 5.92 Å². The molecule has 1 saturated heterocycles. The van der Waals surface area contributed by atoms with Crippen LogP contribution in [0.4, 0.5) is 5.69 Å². The number of hydrogen-bond acceptors (Lipinski definition) is 3. The molecule has 2 rings (SSSR count). The van der Waals surface area contributed by atoms with Crippen molar-refractivity contribution in [3.8, 4) is 0 Å². The van der Waals surface area contributed by atoms with Crippen molar-refractivity contribution in [2.75, 3.05) is 18.0 Å². The first-order chi connectivity index (χ1) is 9.65. The predicted octanol–water partition coefficient (Wildman–Crippen LogP) is 3.45. The minimum Gasteiger partial charge on any atom is -0.409 e. The molecule has 0 bridgehead atoms. The SMILES string of the molecule is CCC1CCCN(c2ccc(C(N)=NO)c(Cl)c2)CC1. The second kappa shape index (κ2) is 6.84. The Morgan fingerprint density at radius 3 is 2.90 bits per heavy atom. The van der Waals surface area contributed by atoms with Gasteiger partial charge < -0.3 is 15.8 Å². The first-order valence-corrected chi connectivity index (χ1v) is 7.56. The monoisotopic (exact) mass is 295 g/mol. The number of nitrogens with zero attached hydrogens (tertiary/aromatic N) is 2. The van der Waals surface area contributed by atoms with Gasteiger partial charge in [-0.25, -0.2) is 0 Å². The molecule has 5 heteroatoms. The zero-order valence-electron chi connectivity index (χ0n) is 11.8. The van der Waals surface area contributed by atoms with E-state index in [1.165, 1.54) is 25.7 Å². The van der Waals surface area contributed by atoms with Crippen LogP contribution in [0.15, 0.2) is 23.4 Å². The summed E-state index contributed by atoms with van der Waals surface area (Å²) >= 11 is 6.22. The van der Waals surface area contributed by atoms with Crippen molar-refractivity contribution in [1.29, 1.82) is 0 Å². The molecule has 0 aromatic heterocycles. The van der Waals surface area contributed by atoms with Gasteiger partial charge in [-0.2, -0.15) is 0 Å². The fourth-order valence-corrected chi connectivity index (χ4v) is 3.07. The highest BCUT2D eigenvalue weighted by atomic mass is 35.5. The van der Waals surface area contributed by atoms with Crippen LogP contribution in [0.2, 0.25) is 5.02 Å². The Morgan fingerprint density at radius 2 is 2.25 bits per heavy atom. The number of oxime groups is 1. The van der Waals surface area contributed by atoms with Gasteiger partial charge in [-0.15, -0.1) is 0 Å². The molecule has 0 amide bonds. The number of hydrogen-bond donors (Lipinski definition) is 2. The minimum atomic E-state index is 0.0449. The smallest absolute Gasteiger partial charge is 0.171 e. The normalized spacial score (nSPS) is 20.8. The third kappa shape index (κ3) is 3.37. The Bertz CT molecular complexity index is 490. The van der Waals surface area contributed by atoms with Crippen LogP contribution in [0.5, 0.6) is 0 Å². The van der Waals surface area contributed by atoms with Crippen molar-refractivity contribution < 1.29 is 5.21 Å². The molecule has 1 fully saturated rings. The van der Waals surface area contributed by atoms with Crippen molar-refractivity contribution in [1.82, 2.24) is 0 Å². The average Bonchev–Trinajstić information content (AvgIpc) is 2.71. The van der Waals surface area contributed by atoms with Gasteiger partial charge in [0.25, 0.3) is 0 Å². The van der Waals surface area contributed by atoms with E-state index in [1.807, 2.05) is 18.2 Å². The Morgan fingerprint density at radius 1 is 1.45 bits per heavy atom. The zero-order valence-corrected chi connectivity index (χ0v) is 12.6. The van der Waals surface area contributed by atoms with Crippen molar-refractivity contribution >= 4 is 23.1 Å². The quantitative estimate of drug-likeness (QED) is 0.388. The number of benzene rings is 1. The van der Waals surface area contributed by atoms with E-state index in [4.69, 9.17) is 22.5 Å². The first-order valence-electron chi connectivity index (χ1n) is 7.18. The molecule has 1 aliphatic rings. The summed E-state index contributed by atoms with van der Waals surface area (Å²) in [5.74, 6) is 0.885. The van der Waals surface area contributed by atoms with E-state index in [9.17, 15) is 0 Å². The molecule has 1 unspecified atom stereocenters. The van der Waals surface area contributed by atoms with Gasteiger partial charge in [0.15, 0.2) is 5.84 Å². The molecule has 1 atom stereocenters. The maximum absolute atomic E-state index is 8.72. The number of anilines is 1. The highest BCUT2D eigenvalue weighted by molar-refractivity contribution is 6.34. The topological polar surface area (TPSA) is 61.8 Å². The van der Waals surface area contributed by atoms with E-state index >= 15 is 0 Å². The van der Waals surface area contributed by atoms with E-state index in [0.717, 1.165) is 24.7 Å². The summed E-state index contributed by atoms with van der Waals surface area (Å²) in [4.78, 5) is 2.37. The highest BCUT2D eigenvalue weighted by Gasteiger charge is 2.17. The van der Waals surface area contributed by atoms with Gasteiger partial charge in [-0.3, -0.25) is 0 Å². The highest BCUT2D eigenvalue weighted by Crippen LogP contribution is 2.27. The Balaban J connectivity index is 2.15. The molecule has 20 heavy (non-hydrogen) atoms. The average molecular weight is 296 g/mol. The summed E-state index contributed by atoms with van der Waals surface area (Å²) in [6, 6.07) is 5.71. The van der Waals surface area contributed by atoms with Gasteiger partial charge in [0.2, 0.25) is 0 Å². The largest absolute Gasteiger partial charge is 0.409 e. The van der Waals surface area contributed by atoms with E-state index < -0.39 is 0 Å². The number of halogens is 1. The second-order valence-electron chi connectivity index (χ2n) is 5.34. The molecule has 0 aliphatic carbocycles. The van der Waals surface area contributed by atoms with E-state index in [-0.39, 0.29) is 5.84 Å². The second-order valence-corrected chi connectivity index (χ2v) is 5.75. The van der Waals surface area contributed by atoms with Crippen LogP contribution >= 0.6 is 11.6 Å². The van der Waals surface area contributed by atoms with Crippen LogP contribution in [0.1, 0.15) is 38.2 Å². The summed E-state index contributed by atoms with van der Waals surface area (Å²) in [6.07, 6.45) is 5.02. The molecule has 0 saturated carbocycles. The maximum Gasteiger partial charge on any atom is 0.171 e. The summed E-state index contributed by atoms with van der Waals surface area (Å²) in [7, 11) is 0. The van der Waals surface area contributed by atoms with E-state index in [1.54, 1.807) is 0 Å². The lowest BCUT2D eigenvalue weighted by molar-refractivity contribution is 0.318. The minimum absolute atomic E-state index is 0.0449. The fourth-order valence-electron chi connectivity index (χ4n) is 2.79. The molecule has 1 aromatic rings. The van der Waals surface area contributed by atoms with E-state index in [2.05, 4.69) is 17.0 Å². The van der Waals surface area contributed by atoms with Gasteiger partial charge in [0, 0.05) is 24.3 Å². The Hall–Kier alpha value is -1.42. The predicted molar refractivity (Wildman–Crippen MR) is 83.8 cm³/mol. The van der Waals surface area contributed by atoms with Crippen molar-refractivity contribution in [2.24, 2.45) is 16.8 Å². The summed E-state index contributed by atoms with van der Waals surface area (Å²) in [6.45, 7) is 4.40. The molecule has 3 N–H and O–H groups in total. The van der Waals surface area contributed by atoms with Crippen molar-refractivity contribution in [2.45, 2.75) is 32.6 Å².